The molecule has 0 bridgehead atoms. The predicted octanol–water partition coefficient (Wildman–Crippen LogP) is 2.77. The Balaban J connectivity index is 1.95. The molecule has 0 saturated carbocycles. The molecule has 0 aliphatic carbocycles. The average Bonchev–Trinajstić information content (AvgIpc) is 2.66. The minimum absolute atomic E-state index is 0.00935. The van der Waals surface area contributed by atoms with Crippen molar-refractivity contribution in [3.63, 3.8) is 0 Å². The highest BCUT2D eigenvalue weighted by molar-refractivity contribution is 7.92. The van der Waals surface area contributed by atoms with Crippen LogP contribution in [-0.2, 0) is 9.84 Å². The second-order valence-corrected chi connectivity index (χ2v) is 7.81. The molecule has 1 unspecified atom stereocenters. The van der Waals surface area contributed by atoms with Gasteiger partial charge in [0, 0.05) is 6.20 Å². The molecule has 8 nitrogen and oxygen atoms in total. The lowest BCUT2D eigenvalue weighted by molar-refractivity contribution is 0.0690. The van der Waals surface area contributed by atoms with E-state index < -0.39 is 21.2 Å². The van der Waals surface area contributed by atoms with E-state index in [-0.39, 0.29) is 21.6 Å². The van der Waals surface area contributed by atoms with Crippen LogP contribution in [0.15, 0.2) is 60.1 Å². The van der Waals surface area contributed by atoms with Gasteiger partial charge >= 0.3 is 5.97 Å². The third-order valence-electron chi connectivity index (χ3n) is 3.64. The number of nitrogens with zero attached hydrogens (tertiary/aromatic N) is 3. The Morgan fingerprint density at radius 2 is 1.85 bits per heavy atom. The molecule has 0 saturated heterocycles. The number of aromatic carboxylic acids is 1. The van der Waals surface area contributed by atoms with Crippen LogP contribution in [0.5, 0.6) is 0 Å². The van der Waals surface area contributed by atoms with Gasteiger partial charge in [-0.15, -0.1) is 0 Å². The van der Waals surface area contributed by atoms with Gasteiger partial charge in [-0.25, -0.2) is 28.2 Å². The van der Waals surface area contributed by atoms with Crippen LogP contribution in [0.25, 0.3) is 11.0 Å². The highest BCUT2D eigenvalue weighted by atomic mass is 35.5. The van der Waals surface area contributed by atoms with E-state index in [2.05, 4.69) is 26.8 Å². The van der Waals surface area contributed by atoms with Crippen molar-refractivity contribution in [2.75, 3.05) is 5.32 Å². The molecule has 10 heteroatoms. The molecular weight excluding hydrogens is 392 g/mol. The Hall–Kier alpha value is -3.04. The smallest absolute Gasteiger partial charge is 0.354 e. The summed E-state index contributed by atoms with van der Waals surface area (Å²) in [6.07, 6.45) is 2.15. The number of hydrogen-bond donors (Lipinski definition) is 2. The van der Waals surface area contributed by atoms with Crippen LogP contribution in [0.1, 0.15) is 10.5 Å². The van der Waals surface area contributed by atoms with E-state index in [1.165, 1.54) is 6.08 Å². The molecule has 3 aromatic rings. The van der Waals surface area contributed by atoms with Crippen LogP contribution >= 0.6 is 11.6 Å². The van der Waals surface area contributed by atoms with Crippen molar-refractivity contribution in [2.24, 2.45) is 0 Å². The average molecular weight is 405 g/mol. The molecule has 138 valence electrons. The van der Waals surface area contributed by atoms with Gasteiger partial charge in [-0.05, 0) is 24.3 Å². The number of aromatic nitrogens is 3. The van der Waals surface area contributed by atoms with Crippen LogP contribution in [0, 0.1) is 0 Å². The number of fused-ring (bicyclic) bond motifs is 1. The van der Waals surface area contributed by atoms with Gasteiger partial charge in [-0.3, -0.25) is 0 Å². The number of rotatable bonds is 6. The van der Waals surface area contributed by atoms with Crippen LogP contribution < -0.4 is 5.32 Å². The van der Waals surface area contributed by atoms with E-state index >= 15 is 0 Å². The molecule has 2 heterocycles. The zero-order valence-corrected chi connectivity index (χ0v) is 15.3. The number of nitrogens with one attached hydrogen (secondary N) is 1. The summed E-state index contributed by atoms with van der Waals surface area (Å²) >= 11 is 6.11. The SMILES string of the molecule is C=CC(Nc1nc2ccccc2nc1Cl)S(=O)(=O)c1ccc(C(=O)O)nc1. The lowest BCUT2D eigenvalue weighted by atomic mass is 10.3. The summed E-state index contributed by atoms with van der Waals surface area (Å²) in [5, 5.41) is 10.3. The van der Waals surface area contributed by atoms with Gasteiger partial charge < -0.3 is 10.4 Å². The first-order valence-corrected chi connectivity index (χ1v) is 9.50. The van der Waals surface area contributed by atoms with Gasteiger partial charge in [-0.1, -0.05) is 36.4 Å². The standard InChI is InChI=1S/C17H13ClN4O4S/c1-2-14(27(25,26)10-7-8-13(17(23)24)19-9-10)22-16-15(18)20-11-5-3-4-6-12(11)21-16/h2-9,14H,1H2,(H,21,22)(H,23,24). The molecule has 27 heavy (non-hydrogen) atoms. The summed E-state index contributed by atoms with van der Waals surface area (Å²) in [7, 11) is -3.97. The highest BCUT2D eigenvalue weighted by Gasteiger charge is 2.27. The maximum absolute atomic E-state index is 12.8. The van der Waals surface area contributed by atoms with E-state index in [1.807, 2.05) is 0 Å². The molecule has 1 atom stereocenters. The van der Waals surface area contributed by atoms with E-state index in [0.717, 1.165) is 18.3 Å². The van der Waals surface area contributed by atoms with Gasteiger partial charge in [0.2, 0.25) is 9.84 Å². The molecule has 0 fully saturated rings. The zero-order valence-electron chi connectivity index (χ0n) is 13.7. The number of carboxylic acids is 1. The zero-order chi connectivity index (χ0) is 19.6. The summed E-state index contributed by atoms with van der Waals surface area (Å²) in [6.45, 7) is 3.54. The first kappa shape index (κ1) is 18.7. The Kier molecular flexibility index (Phi) is 5.06. The number of pyridine rings is 1. The van der Waals surface area contributed by atoms with Gasteiger partial charge in [0.25, 0.3) is 0 Å². The Labute approximate surface area is 159 Å². The van der Waals surface area contributed by atoms with Crippen molar-refractivity contribution in [1.29, 1.82) is 0 Å². The molecule has 1 aromatic carbocycles. The normalized spacial score (nSPS) is 12.5. The van der Waals surface area contributed by atoms with E-state index in [1.54, 1.807) is 24.3 Å². The van der Waals surface area contributed by atoms with Gasteiger partial charge in [0.05, 0.1) is 15.9 Å². The lowest BCUT2D eigenvalue weighted by Gasteiger charge is -2.17. The molecule has 0 radical (unpaired) electrons. The Bertz CT molecular complexity index is 1130. The van der Waals surface area contributed by atoms with E-state index in [4.69, 9.17) is 16.7 Å². The highest BCUT2D eigenvalue weighted by Crippen LogP contribution is 2.24. The number of carboxylic acid groups (broad SMARTS) is 1. The number of benzene rings is 1. The summed E-state index contributed by atoms with van der Waals surface area (Å²) in [5.74, 6) is -1.17. The summed E-state index contributed by atoms with van der Waals surface area (Å²) in [5.41, 5.74) is 0.845. The van der Waals surface area contributed by atoms with Crippen molar-refractivity contribution >= 4 is 44.3 Å². The summed E-state index contributed by atoms with van der Waals surface area (Å²) < 4.78 is 25.6. The van der Waals surface area contributed by atoms with Crippen LogP contribution in [-0.4, -0.2) is 39.8 Å². The van der Waals surface area contributed by atoms with Crippen LogP contribution in [0.3, 0.4) is 0 Å². The number of halogens is 1. The topological polar surface area (TPSA) is 122 Å². The largest absolute Gasteiger partial charge is 0.477 e. The minimum atomic E-state index is -3.97. The second kappa shape index (κ2) is 7.29. The number of sulfone groups is 1. The maximum atomic E-state index is 12.8. The minimum Gasteiger partial charge on any atom is -0.477 e. The number of carbonyl (C=O) groups is 1. The van der Waals surface area contributed by atoms with Crippen molar-refractivity contribution < 1.29 is 18.3 Å². The fraction of sp³-hybridized carbons (Fsp3) is 0.0588. The Morgan fingerprint density at radius 3 is 2.41 bits per heavy atom. The van der Waals surface area contributed by atoms with Gasteiger partial charge in [-0.2, -0.15) is 0 Å². The van der Waals surface area contributed by atoms with Crippen LogP contribution in [0.4, 0.5) is 5.82 Å². The van der Waals surface area contributed by atoms with Gasteiger partial charge in [0.15, 0.2) is 16.3 Å². The molecule has 3 rings (SSSR count). The predicted molar refractivity (Wildman–Crippen MR) is 101 cm³/mol. The number of hydrogen-bond acceptors (Lipinski definition) is 7. The third-order valence-corrected chi connectivity index (χ3v) is 5.78. The van der Waals surface area contributed by atoms with E-state index in [9.17, 15) is 13.2 Å². The quantitative estimate of drug-likeness (QED) is 0.601. The molecule has 2 aromatic heterocycles. The summed E-state index contributed by atoms with van der Waals surface area (Å²) in [4.78, 5) is 22.8. The molecule has 2 N–H and O–H groups in total. The maximum Gasteiger partial charge on any atom is 0.354 e. The fourth-order valence-corrected chi connectivity index (χ4v) is 3.75. The van der Waals surface area contributed by atoms with Crippen molar-refractivity contribution in [3.8, 4) is 0 Å². The van der Waals surface area contributed by atoms with Gasteiger partial charge in [0.1, 0.15) is 5.69 Å². The van der Waals surface area contributed by atoms with Crippen LogP contribution in [0.2, 0.25) is 5.15 Å². The molecule has 0 aliphatic heterocycles. The molecule has 0 spiro atoms. The fourth-order valence-electron chi connectivity index (χ4n) is 2.29. The first-order chi connectivity index (χ1) is 12.8. The summed E-state index contributed by atoms with van der Waals surface area (Å²) in [6, 6.07) is 9.28. The number of para-hydroxylation sites is 2. The van der Waals surface area contributed by atoms with E-state index in [0.29, 0.717) is 11.0 Å². The van der Waals surface area contributed by atoms with Crippen molar-refractivity contribution in [2.45, 2.75) is 10.3 Å². The van der Waals surface area contributed by atoms with Crippen molar-refractivity contribution in [1.82, 2.24) is 15.0 Å². The first-order valence-electron chi connectivity index (χ1n) is 7.57. The molecular formula is C17H13ClN4O4S. The van der Waals surface area contributed by atoms with Crippen molar-refractivity contribution in [3.05, 3.63) is 66.1 Å². The number of anilines is 1. The Morgan fingerprint density at radius 1 is 1.19 bits per heavy atom. The monoisotopic (exact) mass is 404 g/mol. The lowest BCUT2D eigenvalue weighted by Crippen LogP contribution is -2.28. The third kappa shape index (κ3) is 3.74. The second-order valence-electron chi connectivity index (χ2n) is 5.38. The molecule has 0 amide bonds. The molecule has 0 aliphatic rings.